The molecule has 4 nitrogen and oxygen atoms in total. The van der Waals surface area contributed by atoms with Crippen molar-refractivity contribution < 1.29 is 4.79 Å². The van der Waals surface area contributed by atoms with Crippen LogP contribution in [0.1, 0.15) is 60.1 Å². The van der Waals surface area contributed by atoms with Crippen LogP contribution in [0.4, 0.5) is 0 Å². The number of fused-ring (bicyclic) bond motifs is 2. The van der Waals surface area contributed by atoms with Crippen LogP contribution in [0.3, 0.4) is 0 Å². The molecule has 0 bridgehead atoms. The molecule has 2 aliphatic rings. The lowest BCUT2D eigenvalue weighted by molar-refractivity contribution is 0.0950. The van der Waals surface area contributed by atoms with Crippen LogP contribution in [0.15, 0.2) is 18.2 Å². The number of amides is 1. The molecule has 1 amide bonds. The highest BCUT2D eigenvalue weighted by Crippen LogP contribution is 2.33. The van der Waals surface area contributed by atoms with Gasteiger partial charge in [0, 0.05) is 24.2 Å². The van der Waals surface area contributed by atoms with Crippen molar-refractivity contribution in [3.63, 3.8) is 0 Å². The van der Waals surface area contributed by atoms with E-state index in [9.17, 15) is 4.79 Å². The fourth-order valence-electron chi connectivity index (χ4n) is 4.35. The smallest absolute Gasteiger partial charge is 0.253 e. The van der Waals surface area contributed by atoms with Gasteiger partial charge in [-0.3, -0.25) is 9.78 Å². The summed E-state index contributed by atoms with van der Waals surface area (Å²) in [7, 11) is 0. The average Bonchev–Trinajstić information content (AvgIpc) is 2.97. The fraction of sp³-hybridized carbons (Fsp3) is 0.545. The van der Waals surface area contributed by atoms with Gasteiger partial charge in [-0.2, -0.15) is 0 Å². The molecule has 0 spiro atoms. The SMILES string of the molecule is O=C(NCCN1CCCCCC1)c1cccc2c(Cl)c3c(nc12)CCCC3. The van der Waals surface area contributed by atoms with E-state index in [1.54, 1.807) is 0 Å². The number of hydrogen-bond acceptors (Lipinski definition) is 3. The fourth-order valence-corrected chi connectivity index (χ4v) is 4.71. The molecular formula is C22H28ClN3O. The number of nitrogens with zero attached hydrogens (tertiary/aromatic N) is 2. The summed E-state index contributed by atoms with van der Waals surface area (Å²) in [5, 5.41) is 4.78. The van der Waals surface area contributed by atoms with Crippen LogP contribution in [-0.2, 0) is 12.8 Å². The monoisotopic (exact) mass is 385 g/mol. The second-order valence-electron chi connectivity index (χ2n) is 7.77. The summed E-state index contributed by atoms with van der Waals surface area (Å²) in [5.74, 6) is -0.0465. The van der Waals surface area contributed by atoms with Crippen LogP contribution < -0.4 is 5.32 Å². The molecule has 5 heteroatoms. The van der Waals surface area contributed by atoms with E-state index in [0.29, 0.717) is 12.1 Å². The van der Waals surface area contributed by atoms with Gasteiger partial charge in [0.2, 0.25) is 0 Å². The summed E-state index contributed by atoms with van der Waals surface area (Å²) < 4.78 is 0. The molecule has 1 aromatic carbocycles. The number of para-hydroxylation sites is 1. The van der Waals surface area contributed by atoms with Gasteiger partial charge in [-0.25, -0.2) is 0 Å². The number of likely N-dealkylation sites (tertiary alicyclic amines) is 1. The van der Waals surface area contributed by atoms with Gasteiger partial charge >= 0.3 is 0 Å². The second-order valence-corrected chi connectivity index (χ2v) is 8.15. The van der Waals surface area contributed by atoms with Gasteiger partial charge in [0.25, 0.3) is 5.91 Å². The molecule has 1 fully saturated rings. The minimum Gasteiger partial charge on any atom is -0.351 e. The Morgan fingerprint density at radius 1 is 1.07 bits per heavy atom. The minimum atomic E-state index is -0.0465. The predicted octanol–water partition coefficient (Wildman–Crippen LogP) is 4.37. The van der Waals surface area contributed by atoms with Gasteiger partial charge < -0.3 is 10.2 Å². The largest absolute Gasteiger partial charge is 0.351 e. The van der Waals surface area contributed by atoms with Gasteiger partial charge in [0.15, 0.2) is 0 Å². The molecule has 2 aromatic rings. The maximum atomic E-state index is 12.8. The van der Waals surface area contributed by atoms with Gasteiger partial charge in [-0.05, 0) is 63.2 Å². The Kier molecular flexibility index (Phi) is 5.94. The first-order valence-corrected chi connectivity index (χ1v) is 10.7. The van der Waals surface area contributed by atoms with E-state index >= 15 is 0 Å². The third kappa shape index (κ3) is 4.12. The number of benzene rings is 1. The quantitative estimate of drug-likeness (QED) is 0.849. The molecule has 1 aromatic heterocycles. The highest BCUT2D eigenvalue weighted by atomic mass is 35.5. The highest BCUT2D eigenvalue weighted by Gasteiger charge is 2.20. The summed E-state index contributed by atoms with van der Waals surface area (Å²) in [6.45, 7) is 3.88. The van der Waals surface area contributed by atoms with Crippen molar-refractivity contribution in [3.05, 3.63) is 40.0 Å². The average molecular weight is 386 g/mol. The molecule has 4 rings (SSSR count). The lowest BCUT2D eigenvalue weighted by Gasteiger charge is -2.20. The number of rotatable bonds is 4. The number of aryl methyl sites for hydroxylation is 1. The highest BCUT2D eigenvalue weighted by molar-refractivity contribution is 6.36. The normalized spacial score (nSPS) is 18.1. The zero-order valence-electron chi connectivity index (χ0n) is 15.9. The molecule has 2 heterocycles. The Hall–Kier alpha value is -1.65. The standard InChI is InChI=1S/C22H28ClN3O/c23-20-16-8-3-4-11-19(16)25-21-17(20)9-7-10-18(21)22(27)24-12-15-26-13-5-1-2-6-14-26/h7,9-10H,1-6,8,11-15H2,(H,24,27). The van der Waals surface area contributed by atoms with Crippen LogP contribution in [0.5, 0.6) is 0 Å². The van der Waals surface area contributed by atoms with E-state index in [2.05, 4.69) is 10.2 Å². The van der Waals surface area contributed by atoms with E-state index in [0.717, 1.165) is 66.9 Å². The number of carbonyl (C=O) groups is 1. The molecule has 144 valence electrons. The molecule has 1 saturated heterocycles. The first kappa shape index (κ1) is 18.7. The first-order valence-electron chi connectivity index (χ1n) is 10.3. The summed E-state index contributed by atoms with van der Waals surface area (Å²) in [6.07, 6.45) is 9.45. The molecule has 0 unspecified atom stereocenters. The predicted molar refractivity (Wildman–Crippen MR) is 111 cm³/mol. The van der Waals surface area contributed by atoms with E-state index in [-0.39, 0.29) is 5.91 Å². The number of halogens is 1. The molecule has 0 atom stereocenters. The molecule has 1 aliphatic heterocycles. The van der Waals surface area contributed by atoms with Crippen LogP contribution in [0.25, 0.3) is 10.9 Å². The Bertz CT molecular complexity index is 828. The van der Waals surface area contributed by atoms with Crippen molar-refractivity contribution in [1.82, 2.24) is 15.2 Å². The van der Waals surface area contributed by atoms with E-state index in [1.807, 2.05) is 18.2 Å². The first-order chi connectivity index (χ1) is 13.2. The van der Waals surface area contributed by atoms with Crippen molar-refractivity contribution in [2.45, 2.75) is 51.4 Å². The molecular weight excluding hydrogens is 358 g/mol. The number of pyridine rings is 1. The van der Waals surface area contributed by atoms with Gasteiger partial charge in [0.1, 0.15) is 0 Å². The summed E-state index contributed by atoms with van der Waals surface area (Å²) in [4.78, 5) is 20.1. The van der Waals surface area contributed by atoms with Crippen molar-refractivity contribution in [1.29, 1.82) is 0 Å². The van der Waals surface area contributed by atoms with Crippen molar-refractivity contribution >= 4 is 28.4 Å². The maximum Gasteiger partial charge on any atom is 0.253 e. The maximum absolute atomic E-state index is 12.8. The Morgan fingerprint density at radius 3 is 2.67 bits per heavy atom. The zero-order chi connectivity index (χ0) is 18.6. The third-order valence-electron chi connectivity index (χ3n) is 5.88. The summed E-state index contributed by atoms with van der Waals surface area (Å²) in [5.41, 5.74) is 3.63. The van der Waals surface area contributed by atoms with Gasteiger partial charge in [-0.1, -0.05) is 36.6 Å². The van der Waals surface area contributed by atoms with E-state index in [1.165, 1.54) is 31.2 Å². The van der Waals surface area contributed by atoms with Crippen LogP contribution >= 0.6 is 11.6 Å². The molecule has 1 N–H and O–H groups in total. The molecule has 1 aliphatic carbocycles. The van der Waals surface area contributed by atoms with Crippen LogP contribution in [-0.4, -0.2) is 42.0 Å². The third-order valence-corrected chi connectivity index (χ3v) is 6.31. The van der Waals surface area contributed by atoms with Gasteiger partial charge in [-0.15, -0.1) is 0 Å². The van der Waals surface area contributed by atoms with E-state index < -0.39 is 0 Å². The summed E-state index contributed by atoms with van der Waals surface area (Å²) in [6, 6.07) is 5.75. The van der Waals surface area contributed by atoms with Crippen molar-refractivity contribution in [2.24, 2.45) is 0 Å². The Morgan fingerprint density at radius 2 is 1.85 bits per heavy atom. The lowest BCUT2D eigenvalue weighted by atomic mass is 9.94. The zero-order valence-corrected chi connectivity index (χ0v) is 16.7. The second kappa shape index (κ2) is 8.57. The summed E-state index contributed by atoms with van der Waals surface area (Å²) >= 11 is 6.68. The van der Waals surface area contributed by atoms with Crippen molar-refractivity contribution in [2.75, 3.05) is 26.2 Å². The Labute approximate surface area is 166 Å². The number of hydrogen-bond donors (Lipinski definition) is 1. The van der Waals surface area contributed by atoms with Crippen LogP contribution in [0.2, 0.25) is 5.02 Å². The molecule has 0 saturated carbocycles. The number of carbonyl (C=O) groups excluding carboxylic acids is 1. The number of nitrogens with one attached hydrogen (secondary N) is 1. The molecule has 27 heavy (non-hydrogen) atoms. The topological polar surface area (TPSA) is 45.2 Å². The van der Waals surface area contributed by atoms with E-state index in [4.69, 9.17) is 16.6 Å². The molecule has 0 radical (unpaired) electrons. The van der Waals surface area contributed by atoms with Crippen molar-refractivity contribution in [3.8, 4) is 0 Å². The minimum absolute atomic E-state index is 0.0465. The van der Waals surface area contributed by atoms with Gasteiger partial charge in [0.05, 0.1) is 16.1 Å². The number of aromatic nitrogens is 1. The Balaban J connectivity index is 1.50. The van der Waals surface area contributed by atoms with Crippen LogP contribution in [0, 0.1) is 0 Å². The lowest BCUT2D eigenvalue weighted by Crippen LogP contribution is -2.35.